The van der Waals surface area contributed by atoms with E-state index in [0.717, 1.165) is 59.9 Å². The van der Waals surface area contributed by atoms with Gasteiger partial charge in [0.05, 0.1) is 22.2 Å². The summed E-state index contributed by atoms with van der Waals surface area (Å²) >= 11 is 6.15. The van der Waals surface area contributed by atoms with Gasteiger partial charge in [-0.3, -0.25) is 9.78 Å². The fraction of sp³-hybridized carbons (Fsp3) is 0.200. The van der Waals surface area contributed by atoms with Crippen LogP contribution in [0.1, 0.15) is 70.0 Å². The van der Waals surface area contributed by atoms with Gasteiger partial charge in [0.1, 0.15) is 24.0 Å². The molecule has 7 rings (SSSR count). The molecule has 0 unspecified atom stereocenters. The van der Waals surface area contributed by atoms with E-state index in [1.54, 1.807) is 67.0 Å². The first-order valence-corrected chi connectivity index (χ1v) is 17.0. The van der Waals surface area contributed by atoms with Crippen LogP contribution in [-0.4, -0.2) is 31.5 Å². The van der Waals surface area contributed by atoms with Gasteiger partial charge < -0.3 is 19.7 Å². The van der Waals surface area contributed by atoms with Crippen LogP contribution in [0.3, 0.4) is 0 Å². The van der Waals surface area contributed by atoms with Crippen LogP contribution in [0.4, 0.5) is 4.39 Å². The number of rotatable bonds is 10. The first-order chi connectivity index (χ1) is 24.3. The molecule has 252 valence electrons. The Kier molecular flexibility index (Phi) is 9.58. The molecule has 2 heterocycles. The third-order valence-corrected chi connectivity index (χ3v) is 9.43. The fourth-order valence-electron chi connectivity index (χ4n) is 6.61. The lowest BCUT2D eigenvalue weighted by Crippen LogP contribution is -2.23. The smallest absolute Gasteiger partial charge is 0.335 e. The number of imidazole rings is 1. The highest BCUT2D eigenvalue weighted by Crippen LogP contribution is 2.38. The number of halogens is 2. The number of carboxylic acid groups (broad SMARTS) is 1. The maximum absolute atomic E-state index is 16.0. The highest BCUT2D eigenvalue weighted by atomic mass is 35.5. The van der Waals surface area contributed by atoms with Crippen molar-refractivity contribution < 1.29 is 23.8 Å². The van der Waals surface area contributed by atoms with Gasteiger partial charge in [0.2, 0.25) is 0 Å². The van der Waals surface area contributed by atoms with Crippen molar-refractivity contribution in [1.82, 2.24) is 19.9 Å². The number of nitrogens with zero attached hydrogens (tertiary/aromatic N) is 3. The Hall–Kier alpha value is -5.54. The molecule has 0 bridgehead atoms. The van der Waals surface area contributed by atoms with E-state index in [1.165, 1.54) is 6.07 Å². The second-order valence-electron chi connectivity index (χ2n) is 12.5. The van der Waals surface area contributed by atoms with Gasteiger partial charge in [-0.15, -0.1) is 0 Å². The van der Waals surface area contributed by atoms with Gasteiger partial charge in [-0.1, -0.05) is 49.1 Å². The number of fused-ring (bicyclic) bond motifs is 1. The normalized spacial score (nSPS) is 13.3. The number of hydrogen-bond donors (Lipinski definition) is 2. The zero-order valence-electron chi connectivity index (χ0n) is 27.1. The maximum Gasteiger partial charge on any atom is 0.335 e. The lowest BCUT2D eigenvalue weighted by molar-refractivity contribution is 0.0696. The second kappa shape index (κ2) is 14.5. The summed E-state index contributed by atoms with van der Waals surface area (Å²) < 4.78 is 24.3. The number of benzene rings is 4. The Bertz CT molecular complexity index is 2180. The molecule has 6 aromatic rings. The average Bonchev–Trinajstić information content (AvgIpc) is 3.52. The molecule has 1 fully saturated rings. The van der Waals surface area contributed by atoms with Crippen molar-refractivity contribution in [3.8, 4) is 28.3 Å². The van der Waals surface area contributed by atoms with Gasteiger partial charge in [0.25, 0.3) is 5.91 Å². The number of carbonyl (C=O) groups is 2. The molecule has 0 spiro atoms. The molecule has 0 saturated heterocycles. The largest absolute Gasteiger partial charge is 0.489 e. The molecular weight excluding hydrogens is 655 g/mol. The highest BCUT2D eigenvalue weighted by Gasteiger charge is 2.25. The van der Waals surface area contributed by atoms with Crippen LogP contribution in [0.15, 0.2) is 103 Å². The monoisotopic (exact) mass is 688 g/mol. The number of nitrogens with one attached hydrogen (secondary N) is 1. The molecule has 10 heteroatoms. The summed E-state index contributed by atoms with van der Waals surface area (Å²) in [5.74, 6) is -1.00. The minimum Gasteiger partial charge on any atom is -0.489 e. The number of carboxylic acids is 1. The standard InChI is InChI=1S/C40H34ClFN4O4/c41-30-10-6-26(7-11-30)33-13-8-27(39(47)44-23-25-16-18-43-19-17-25)20-29(33)24-50-32-12-14-34(35(42)22-32)38-45-36-21-28(40(48)49)9-15-37(36)46(38)31-4-2-1-3-5-31/h6-22,31H,1-5,23-24H2,(H,44,47)(H,48,49). The predicted molar refractivity (Wildman–Crippen MR) is 191 cm³/mol. The average molecular weight is 689 g/mol. The molecule has 4 aromatic carbocycles. The molecule has 2 aromatic heterocycles. The van der Waals surface area contributed by atoms with Crippen LogP contribution in [0.25, 0.3) is 33.5 Å². The topological polar surface area (TPSA) is 106 Å². The van der Waals surface area contributed by atoms with E-state index in [-0.39, 0.29) is 24.1 Å². The van der Waals surface area contributed by atoms with Crippen LogP contribution >= 0.6 is 11.6 Å². The van der Waals surface area contributed by atoms with E-state index in [9.17, 15) is 14.7 Å². The van der Waals surface area contributed by atoms with Crippen LogP contribution in [0, 0.1) is 5.82 Å². The van der Waals surface area contributed by atoms with Crippen LogP contribution in [-0.2, 0) is 13.2 Å². The summed E-state index contributed by atoms with van der Waals surface area (Å²) in [7, 11) is 0. The quantitative estimate of drug-likeness (QED) is 0.149. The third kappa shape index (κ3) is 7.09. The zero-order chi connectivity index (χ0) is 34.6. The third-order valence-electron chi connectivity index (χ3n) is 9.18. The Morgan fingerprint density at radius 2 is 1.62 bits per heavy atom. The van der Waals surface area contributed by atoms with Crippen molar-refractivity contribution in [1.29, 1.82) is 0 Å². The molecular formula is C40H34ClFN4O4. The molecule has 0 radical (unpaired) electrons. The van der Waals surface area contributed by atoms with Gasteiger partial charge in [-0.05, 0) is 102 Å². The van der Waals surface area contributed by atoms with E-state index < -0.39 is 11.8 Å². The van der Waals surface area contributed by atoms with Crippen molar-refractivity contribution in [2.24, 2.45) is 0 Å². The molecule has 2 N–H and O–H groups in total. The lowest BCUT2D eigenvalue weighted by atomic mass is 9.94. The predicted octanol–water partition coefficient (Wildman–Crippen LogP) is 9.27. The maximum atomic E-state index is 16.0. The number of carbonyl (C=O) groups excluding carboxylic acids is 1. The number of aromatic nitrogens is 3. The SMILES string of the molecule is O=C(O)c1ccc2c(c1)nc(-c1ccc(OCc3cc(C(=O)NCc4ccncc4)ccc3-c3ccc(Cl)cc3)cc1F)n2C1CCCCC1. The number of aromatic carboxylic acids is 1. The summed E-state index contributed by atoms with van der Waals surface area (Å²) in [6, 6.07) is 26.2. The van der Waals surface area contributed by atoms with Crippen LogP contribution in [0.5, 0.6) is 5.75 Å². The highest BCUT2D eigenvalue weighted by molar-refractivity contribution is 6.30. The van der Waals surface area contributed by atoms with E-state index in [2.05, 4.69) is 14.9 Å². The molecule has 0 atom stereocenters. The first-order valence-electron chi connectivity index (χ1n) is 16.6. The van der Waals surface area contributed by atoms with Crippen LogP contribution in [0.2, 0.25) is 5.02 Å². The van der Waals surface area contributed by atoms with E-state index in [4.69, 9.17) is 21.3 Å². The Morgan fingerprint density at radius 3 is 2.36 bits per heavy atom. The Balaban J connectivity index is 1.17. The second-order valence-corrected chi connectivity index (χ2v) is 12.9. The van der Waals surface area contributed by atoms with Crippen molar-refractivity contribution >= 4 is 34.5 Å². The molecule has 0 aliphatic heterocycles. The zero-order valence-corrected chi connectivity index (χ0v) is 27.9. The molecule has 1 amide bonds. The fourth-order valence-corrected chi connectivity index (χ4v) is 6.74. The van der Waals surface area contributed by atoms with Gasteiger partial charge in [-0.2, -0.15) is 0 Å². The van der Waals surface area contributed by atoms with Gasteiger partial charge in [0, 0.05) is 41.6 Å². The number of pyridine rings is 1. The summed E-state index contributed by atoms with van der Waals surface area (Å²) in [6.45, 7) is 0.424. The lowest BCUT2D eigenvalue weighted by Gasteiger charge is -2.25. The molecule has 1 aliphatic carbocycles. The minimum absolute atomic E-state index is 0.0702. The van der Waals surface area contributed by atoms with Gasteiger partial charge in [0.15, 0.2) is 0 Å². The minimum atomic E-state index is -1.04. The molecule has 8 nitrogen and oxygen atoms in total. The summed E-state index contributed by atoms with van der Waals surface area (Å²) in [4.78, 5) is 33.6. The Morgan fingerprint density at radius 1 is 0.880 bits per heavy atom. The summed E-state index contributed by atoms with van der Waals surface area (Å²) in [5, 5.41) is 13.1. The number of hydrogen-bond acceptors (Lipinski definition) is 5. The van der Waals surface area contributed by atoms with Crippen LogP contribution < -0.4 is 10.1 Å². The van der Waals surface area contributed by atoms with Gasteiger partial charge >= 0.3 is 5.97 Å². The van der Waals surface area contributed by atoms with E-state index in [0.29, 0.717) is 39.8 Å². The summed E-state index contributed by atoms with van der Waals surface area (Å²) in [6.07, 6.45) is 8.53. The first kappa shape index (κ1) is 33.0. The van der Waals surface area contributed by atoms with E-state index >= 15 is 4.39 Å². The molecule has 1 saturated carbocycles. The summed E-state index contributed by atoms with van der Waals surface area (Å²) in [5.41, 5.74) is 5.63. The number of amides is 1. The van der Waals surface area contributed by atoms with E-state index in [1.807, 2.05) is 30.3 Å². The van der Waals surface area contributed by atoms with Gasteiger partial charge in [-0.25, -0.2) is 14.2 Å². The van der Waals surface area contributed by atoms with Crippen molar-refractivity contribution in [2.75, 3.05) is 0 Å². The molecule has 50 heavy (non-hydrogen) atoms. The molecule has 1 aliphatic rings. The van der Waals surface area contributed by atoms with Crippen molar-refractivity contribution in [2.45, 2.75) is 51.3 Å². The Labute approximate surface area is 293 Å². The van der Waals surface area contributed by atoms with Crippen molar-refractivity contribution in [3.05, 3.63) is 136 Å². The number of ether oxygens (including phenoxy) is 1. The van der Waals surface area contributed by atoms with Crippen molar-refractivity contribution in [3.63, 3.8) is 0 Å².